The molecule has 0 unspecified atom stereocenters. The van der Waals surface area contributed by atoms with Crippen molar-refractivity contribution in [1.82, 2.24) is 4.98 Å². The molecule has 2 rings (SSSR count). The smallest absolute Gasteiger partial charge is 0.434 e. The van der Waals surface area contributed by atoms with E-state index in [9.17, 15) is 17.6 Å². The van der Waals surface area contributed by atoms with Gasteiger partial charge < -0.3 is 4.74 Å². The van der Waals surface area contributed by atoms with Crippen LogP contribution in [0.5, 0.6) is 5.75 Å². The Morgan fingerprint density at radius 1 is 1.15 bits per heavy atom. The number of aromatic nitrogens is 1. The summed E-state index contributed by atoms with van der Waals surface area (Å²) in [6, 6.07) is 5.98. The molecule has 0 fully saturated rings. The van der Waals surface area contributed by atoms with Crippen LogP contribution in [-0.2, 0) is 6.18 Å². The summed E-state index contributed by atoms with van der Waals surface area (Å²) in [5.74, 6) is -0.388. The van der Waals surface area contributed by atoms with Gasteiger partial charge in [0, 0.05) is 5.56 Å². The molecule has 0 saturated heterocycles. The number of pyridine rings is 1. The van der Waals surface area contributed by atoms with E-state index in [2.05, 4.69) is 4.98 Å². The third kappa shape index (κ3) is 2.85. The molecule has 0 atom stereocenters. The molecule has 0 bridgehead atoms. The number of halogens is 5. The number of ether oxygens (including phenoxy) is 1. The number of nitrogens with zero attached hydrogens (tertiary/aromatic N) is 1. The Bertz CT molecular complexity index is 643. The minimum absolute atomic E-state index is 0.0912. The van der Waals surface area contributed by atoms with Gasteiger partial charge in [0.25, 0.3) is 0 Å². The van der Waals surface area contributed by atoms with Crippen LogP contribution in [-0.4, -0.2) is 12.1 Å². The molecule has 0 amide bonds. The number of benzene rings is 1. The van der Waals surface area contributed by atoms with Gasteiger partial charge in [-0.1, -0.05) is 11.6 Å². The highest BCUT2D eigenvalue weighted by Crippen LogP contribution is 2.35. The van der Waals surface area contributed by atoms with Crippen molar-refractivity contribution >= 4 is 11.6 Å². The van der Waals surface area contributed by atoms with Crippen LogP contribution in [0.1, 0.15) is 5.69 Å². The highest BCUT2D eigenvalue weighted by atomic mass is 35.5. The van der Waals surface area contributed by atoms with E-state index < -0.39 is 22.7 Å². The van der Waals surface area contributed by atoms with Gasteiger partial charge in [0.15, 0.2) is 5.69 Å². The Morgan fingerprint density at radius 2 is 1.85 bits per heavy atom. The van der Waals surface area contributed by atoms with Crippen LogP contribution in [0.2, 0.25) is 5.02 Å². The first-order chi connectivity index (χ1) is 9.32. The lowest BCUT2D eigenvalue weighted by molar-refractivity contribution is -0.141. The summed E-state index contributed by atoms with van der Waals surface area (Å²) in [5.41, 5.74) is -1.51. The molecule has 0 N–H and O–H groups in total. The largest absolute Gasteiger partial charge is 0.497 e. The van der Waals surface area contributed by atoms with Crippen molar-refractivity contribution < 1.29 is 22.3 Å². The molecule has 1 aromatic carbocycles. The predicted octanol–water partition coefficient (Wildman–Crippen LogP) is 4.57. The van der Waals surface area contributed by atoms with E-state index in [0.29, 0.717) is 5.75 Å². The van der Waals surface area contributed by atoms with Crippen LogP contribution in [0, 0.1) is 5.82 Å². The number of hydrogen-bond donors (Lipinski definition) is 0. The minimum Gasteiger partial charge on any atom is -0.497 e. The molecule has 7 heteroatoms. The van der Waals surface area contributed by atoms with E-state index in [0.717, 1.165) is 12.1 Å². The number of hydrogen-bond acceptors (Lipinski definition) is 2. The first kappa shape index (κ1) is 14.6. The molecule has 0 aliphatic heterocycles. The zero-order valence-corrected chi connectivity index (χ0v) is 10.9. The fourth-order valence-electron chi connectivity index (χ4n) is 1.62. The van der Waals surface area contributed by atoms with Gasteiger partial charge in [-0.3, -0.25) is 0 Å². The Kier molecular flexibility index (Phi) is 3.85. The van der Waals surface area contributed by atoms with Gasteiger partial charge in [0.1, 0.15) is 11.6 Å². The van der Waals surface area contributed by atoms with Crippen LogP contribution in [0.25, 0.3) is 11.3 Å². The zero-order chi connectivity index (χ0) is 14.9. The van der Waals surface area contributed by atoms with Crippen molar-refractivity contribution in [3.8, 4) is 17.0 Å². The van der Waals surface area contributed by atoms with Crippen LogP contribution < -0.4 is 4.74 Å². The van der Waals surface area contributed by atoms with E-state index in [1.807, 2.05) is 0 Å². The van der Waals surface area contributed by atoms with Gasteiger partial charge in [0.05, 0.1) is 17.8 Å². The number of alkyl halides is 3. The van der Waals surface area contributed by atoms with E-state index in [1.54, 1.807) is 0 Å². The molecular formula is C13H8ClF4NO. The van der Waals surface area contributed by atoms with E-state index in [4.69, 9.17) is 16.3 Å². The maximum absolute atomic E-state index is 13.7. The molecule has 0 saturated carbocycles. The predicted molar refractivity (Wildman–Crippen MR) is 66.2 cm³/mol. The van der Waals surface area contributed by atoms with Gasteiger partial charge in [-0.25, -0.2) is 9.37 Å². The summed E-state index contributed by atoms with van der Waals surface area (Å²) in [6.07, 6.45) is -4.71. The van der Waals surface area contributed by atoms with Crippen LogP contribution >= 0.6 is 11.6 Å². The average Bonchev–Trinajstić information content (AvgIpc) is 2.39. The number of methoxy groups -OCH3 is 1. The third-order valence-electron chi connectivity index (χ3n) is 2.56. The lowest BCUT2D eigenvalue weighted by Gasteiger charge is -2.11. The average molecular weight is 306 g/mol. The van der Waals surface area contributed by atoms with Crippen molar-refractivity contribution in [3.63, 3.8) is 0 Å². The molecule has 0 aliphatic rings. The maximum atomic E-state index is 13.7. The van der Waals surface area contributed by atoms with Crippen molar-refractivity contribution in [2.45, 2.75) is 6.18 Å². The third-order valence-corrected chi connectivity index (χ3v) is 2.87. The van der Waals surface area contributed by atoms with Gasteiger partial charge in [0.2, 0.25) is 0 Å². The second-order valence-electron chi connectivity index (χ2n) is 3.87. The van der Waals surface area contributed by atoms with Crippen LogP contribution in [0.3, 0.4) is 0 Å². The molecule has 0 radical (unpaired) electrons. The SMILES string of the molecule is COc1ccc(F)c(-c2ccc(Cl)c(C(F)(F)F)n2)c1. The zero-order valence-electron chi connectivity index (χ0n) is 10.1. The summed E-state index contributed by atoms with van der Waals surface area (Å²) >= 11 is 5.47. The molecule has 1 heterocycles. The van der Waals surface area contributed by atoms with E-state index >= 15 is 0 Å². The Morgan fingerprint density at radius 3 is 2.45 bits per heavy atom. The first-order valence-corrected chi connectivity index (χ1v) is 5.78. The van der Waals surface area contributed by atoms with Gasteiger partial charge in [-0.05, 0) is 30.3 Å². The van der Waals surface area contributed by atoms with Crippen molar-refractivity contribution in [1.29, 1.82) is 0 Å². The normalized spacial score (nSPS) is 11.5. The van der Waals surface area contributed by atoms with Crippen LogP contribution in [0.15, 0.2) is 30.3 Å². The monoisotopic (exact) mass is 305 g/mol. The first-order valence-electron chi connectivity index (χ1n) is 5.40. The molecule has 106 valence electrons. The van der Waals surface area contributed by atoms with Crippen molar-refractivity contribution in [2.24, 2.45) is 0 Å². The Hall–Kier alpha value is -1.82. The fourth-order valence-corrected chi connectivity index (χ4v) is 1.83. The Labute approximate surface area is 117 Å². The van der Waals surface area contributed by atoms with E-state index in [1.165, 1.54) is 25.3 Å². The number of rotatable bonds is 2. The van der Waals surface area contributed by atoms with Crippen LogP contribution in [0.4, 0.5) is 17.6 Å². The minimum atomic E-state index is -4.71. The highest BCUT2D eigenvalue weighted by molar-refractivity contribution is 6.31. The quantitative estimate of drug-likeness (QED) is 0.758. The molecule has 0 spiro atoms. The highest BCUT2D eigenvalue weighted by Gasteiger charge is 2.35. The van der Waals surface area contributed by atoms with Crippen molar-refractivity contribution in [3.05, 3.63) is 46.9 Å². The lowest BCUT2D eigenvalue weighted by atomic mass is 10.1. The standard InChI is InChI=1S/C13H8ClF4NO/c1-20-7-2-4-10(15)8(6-7)11-5-3-9(14)12(19-11)13(16,17)18/h2-6H,1H3. The Balaban J connectivity index is 2.59. The molecule has 1 aromatic heterocycles. The van der Waals surface area contributed by atoms with Gasteiger partial charge in [-0.2, -0.15) is 13.2 Å². The summed E-state index contributed by atoms with van der Waals surface area (Å²) in [5, 5.41) is -0.537. The molecule has 2 nitrogen and oxygen atoms in total. The summed E-state index contributed by atoms with van der Waals surface area (Å²) in [7, 11) is 1.37. The fraction of sp³-hybridized carbons (Fsp3) is 0.154. The summed E-state index contributed by atoms with van der Waals surface area (Å²) in [6.45, 7) is 0. The summed E-state index contributed by atoms with van der Waals surface area (Å²) < 4.78 is 56.8. The van der Waals surface area contributed by atoms with E-state index in [-0.39, 0.29) is 11.3 Å². The molecular weight excluding hydrogens is 298 g/mol. The van der Waals surface area contributed by atoms with Crippen molar-refractivity contribution in [2.75, 3.05) is 7.11 Å². The maximum Gasteiger partial charge on any atom is 0.434 e. The lowest BCUT2D eigenvalue weighted by Crippen LogP contribution is -2.09. The van der Waals surface area contributed by atoms with Gasteiger partial charge in [-0.15, -0.1) is 0 Å². The summed E-state index contributed by atoms with van der Waals surface area (Å²) in [4.78, 5) is 3.40. The molecule has 20 heavy (non-hydrogen) atoms. The molecule has 0 aliphatic carbocycles. The second-order valence-corrected chi connectivity index (χ2v) is 4.28. The van der Waals surface area contributed by atoms with Gasteiger partial charge >= 0.3 is 6.18 Å². The topological polar surface area (TPSA) is 22.1 Å². The second kappa shape index (κ2) is 5.28. The molecule has 2 aromatic rings.